The lowest BCUT2D eigenvalue weighted by Gasteiger charge is -2.09. The van der Waals surface area contributed by atoms with E-state index in [0.29, 0.717) is 6.54 Å². The Morgan fingerprint density at radius 1 is 1.30 bits per heavy atom. The zero-order chi connectivity index (χ0) is 15.2. The molecular formula is C13H21N3O3S. The van der Waals surface area contributed by atoms with Gasteiger partial charge in [-0.15, -0.1) is 0 Å². The minimum atomic E-state index is -3.68. The first-order chi connectivity index (χ1) is 9.36. The van der Waals surface area contributed by atoms with Gasteiger partial charge in [-0.1, -0.05) is 13.0 Å². The number of hydrogen-bond donors (Lipinski definition) is 3. The SMILES string of the molecule is CCCNC(=O)CCNS(=O)(=O)c1ccc(C)cc1N. The van der Waals surface area contributed by atoms with Gasteiger partial charge in [0.1, 0.15) is 4.90 Å². The fourth-order valence-corrected chi connectivity index (χ4v) is 2.78. The summed E-state index contributed by atoms with van der Waals surface area (Å²) < 4.78 is 26.4. The summed E-state index contributed by atoms with van der Waals surface area (Å²) in [5.74, 6) is -0.175. The molecule has 20 heavy (non-hydrogen) atoms. The fraction of sp³-hybridized carbons (Fsp3) is 0.462. The highest BCUT2D eigenvalue weighted by Gasteiger charge is 2.17. The van der Waals surface area contributed by atoms with Crippen LogP contribution in [0.3, 0.4) is 0 Å². The van der Waals surface area contributed by atoms with E-state index in [0.717, 1.165) is 12.0 Å². The van der Waals surface area contributed by atoms with E-state index in [9.17, 15) is 13.2 Å². The van der Waals surface area contributed by atoms with Crippen molar-refractivity contribution in [1.29, 1.82) is 0 Å². The van der Waals surface area contributed by atoms with E-state index >= 15 is 0 Å². The fourth-order valence-electron chi connectivity index (χ4n) is 1.64. The van der Waals surface area contributed by atoms with Crippen molar-refractivity contribution in [3.63, 3.8) is 0 Å². The molecule has 1 aromatic rings. The molecule has 0 aliphatic carbocycles. The molecule has 4 N–H and O–H groups in total. The van der Waals surface area contributed by atoms with Crippen molar-refractivity contribution in [2.45, 2.75) is 31.6 Å². The standard InChI is InChI=1S/C13H21N3O3S/c1-3-7-15-13(17)6-8-16-20(18,19)12-5-4-10(2)9-11(12)14/h4-5,9,16H,3,6-8,14H2,1-2H3,(H,15,17). The first kappa shape index (κ1) is 16.5. The maximum Gasteiger partial charge on any atom is 0.242 e. The van der Waals surface area contributed by atoms with Crippen molar-refractivity contribution in [3.8, 4) is 0 Å². The second-order valence-corrected chi connectivity index (χ2v) is 6.27. The number of carbonyl (C=O) groups excluding carboxylic acids is 1. The number of nitrogens with one attached hydrogen (secondary N) is 2. The monoisotopic (exact) mass is 299 g/mol. The molecule has 0 aliphatic heterocycles. The average molecular weight is 299 g/mol. The molecule has 0 bridgehead atoms. The molecule has 0 fully saturated rings. The van der Waals surface area contributed by atoms with Gasteiger partial charge in [0.15, 0.2) is 0 Å². The molecule has 6 nitrogen and oxygen atoms in total. The summed E-state index contributed by atoms with van der Waals surface area (Å²) in [6.07, 6.45) is 0.947. The molecule has 1 aromatic carbocycles. The van der Waals surface area contributed by atoms with E-state index in [4.69, 9.17) is 5.73 Å². The van der Waals surface area contributed by atoms with Crippen LogP contribution in [-0.4, -0.2) is 27.4 Å². The van der Waals surface area contributed by atoms with Gasteiger partial charge in [-0.2, -0.15) is 0 Å². The third-order valence-electron chi connectivity index (χ3n) is 2.67. The van der Waals surface area contributed by atoms with E-state index in [1.165, 1.54) is 6.07 Å². The van der Waals surface area contributed by atoms with E-state index in [-0.39, 0.29) is 29.5 Å². The topological polar surface area (TPSA) is 101 Å². The van der Waals surface area contributed by atoms with Crippen LogP contribution in [0.25, 0.3) is 0 Å². The van der Waals surface area contributed by atoms with Crippen LogP contribution in [0, 0.1) is 6.92 Å². The summed E-state index contributed by atoms with van der Waals surface area (Å²) in [7, 11) is -3.68. The van der Waals surface area contributed by atoms with E-state index in [1.807, 2.05) is 13.8 Å². The smallest absolute Gasteiger partial charge is 0.242 e. The summed E-state index contributed by atoms with van der Waals surface area (Å²) in [5.41, 5.74) is 6.80. The summed E-state index contributed by atoms with van der Waals surface area (Å²) in [6.45, 7) is 4.42. The van der Waals surface area contributed by atoms with Crippen LogP contribution in [0.4, 0.5) is 5.69 Å². The average Bonchev–Trinajstić information content (AvgIpc) is 2.35. The third kappa shape index (κ3) is 4.82. The lowest BCUT2D eigenvalue weighted by molar-refractivity contribution is -0.120. The molecule has 0 saturated carbocycles. The first-order valence-electron chi connectivity index (χ1n) is 6.49. The van der Waals surface area contributed by atoms with Crippen molar-refractivity contribution in [1.82, 2.24) is 10.0 Å². The Kier molecular flexibility index (Phi) is 5.97. The Balaban J connectivity index is 2.60. The van der Waals surface area contributed by atoms with Gasteiger partial charge in [-0.3, -0.25) is 4.79 Å². The highest BCUT2D eigenvalue weighted by molar-refractivity contribution is 7.89. The molecule has 0 heterocycles. The first-order valence-corrected chi connectivity index (χ1v) is 7.97. The number of nitrogen functional groups attached to an aromatic ring is 1. The summed E-state index contributed by atoms with van der Waals surface area (Å²) in [4.78, 5) is 11.4. The summed E-state index contributed by atoms with van der Waals surface area (Å²) in [6, 6.07) is 4.74. The molecule has 7 heteroatoms. The number of nitrogens with two attached hydrogens (primary N) is 1. The molecule has 0 radical (unpaired) electrons. The molecule has 0 aliphatic rings. The highest BCUT2D eigenvalue weighted by Crippen LogP contribution is 2.18. The van der Waals surface area contributed by atoms with Crippen LogP contribution in [0.1, 0.15) is 25.3 Å². The number of sulfonamides is 1. The minimum Gasteiger partial charge on any atom is -0.398 e. The van der Waals surface area contributed by atoms with Gasteiger partial charge in [0, 0.05) is 19.5 Å². The van der Waals surface area contributed by atoms with Crippen LogP contribution < -0.4 is 15.8 Å². The highest BCUT2D eigenvalue weighted by atomic mass is 32.2. The van der Waals surface area contributed by atoms with Crippen molar-refractivity contribution in [2.24, 2.45) is 0 Å². The number of rotatable bonds is 7. The Labute approximate surface area is 119 Å². The van der Waals surface area contributed by atoms with E-state index in [1.54, 1.807) is 12.1 Å². The van der Waals surface area contributed by atoms with Crippen LogP contribution in [0.2, 0.25) is 0 Å². The number of aryl methyl sites for hydroxylation is 1. The Hall–Kier alpha value is -1.60. The lowest BCUT2D eigenvalue weighted by atomic mass is 10.2. The Bertz CT molecular complexity index is 570. The number of benzene rings is 1. The normalized spacial score (nSPS) is 11.3. The molecule has 112 valence electrons. The lowest BCUT2D eigenvalue weighted by Crippen LogP contribution is -2.31. The Morgan fingerprint density at radius 3 is 2.60 bits per heavy atom. The van der Waals surface area contributed by atoms with Crippen LogP contribution >= 0.6 is 0 Å². The van der Waals surface area contributed by atoms with Gasteiger partial charge in [-0.05, 0) is 31.0 Å². The number of hydrogen-bond acceptors (Lipinski definition) is 4. The number of carbonyl (C=O) groups is 1. The van der Waals surface area contributed by atoms with Gasteiger partial charge < -0.3 is 11.1 Å². The molecular weight excluding hydrogens is 278 g/mol. The second kappa shape index (κ2) is 7.25. The van der Waals surface area contributed by atoms with Crippen molar-refractivity contribution >= 4 is 21.6 Å². The molecule has 0 aromatic heterocycles. The largest absolute Gasteiger partial charge is 0.398 e. The quantitative estimate of drug-likeness (QED) is 0.647. The predicted molar refractivity (Wildman–Crippen MR) is 78.7 cm³/mol. The van der Waals surface area contributed by atoms with Crippen molar-refractivity contribution in [2.75, 3.05) is 18.8 Å². The van der Waals surface area contributed by atoms with Crippen LogP contribution in [0.5, 0.6) is 0 Å². The zero-order valence-corrected chi connectivity index (χ0v) is 12.6. The van der Waals surface area contributed by atoms with Crippen LogP contribution in [0.15, 0.2) is 23.1 Å². The number of anilines is 1. The van der Waals surface area contributed by atoms with Gasteiger partial charge >= 0.3 is 0 Å². The predicted octanol–water partition coefficient (Wildman–Crippen LogP) is 0.772. The summed E-state index contributed by atoms with van der Waals surface area (Å²) >= 11 is 0. The van der Waals surface area contributed by atoms with Crippen molar-refractivity contribution in [3.05, 3.63) is 23.8 Å². The minimum absolute atomic E-state index is 0.0390. The van der Waals surface area contributed by atoms with Crippen LogP contribution in [-0.2, 0) is 14.8 Å². The van der Waals surface area contributed by atoms with Gasteiger partial charge in [-0.25, -0.2) is 13.1 Å². The zero-order valence-electron chi connectivity index (χ0n) is 11.8. The number of amides is 1. The maximum atomic E-state index is 12.0. The molecule has 0 spiro atoms. The van der Waals surface area contributed by atoms with Gasteiger partial charge in [0.25, 0.3) is 0 Å². The van der Waals surface area contributed by atoms with Gasteiger partial charge in [0.05, 0.1) is 5.69 Å². The molecule has 0 saturated heterocycles. The van der Waals surface area contributed by atoms with E-state index < -0.39 is 10.0 Å². The molecule has 1 amide bonds. The molecule has 0 unspecified atom stereocenters. The molecule has 1 rings (SSSR count). The third-order valence-corrected chi connectivity index (χ3v) is 4.21. The van der Waals surface area contributed by atoms with E-state index in [2.05, 4.69) is 10.0 Å². The van der Waals surface area contributed by atoms with Gasteiger partial charge in [0.2, 0.25) is 15.9 Å². The summed E-state index contributed by atoms with van der Waals surface area (Å²) in [5, 5.41) is 2.68. The van der Waals surface area contributed by atoms with Crippen molar-refractivity contribution < 1.29 is 13.2 Å². The maximum absolute atomic E-state index is 12.0. The second-order valence-electron chi connectivity index (χ2n) is 4.54. The Morgan fingerprint density at radius 2 is 2.00 bits per heavy atom. The molecule has 0 atom stereocenters.